The van der Waals surface area contributed by atoms with Crippen molar-refractivity contribution in [3.05, 3.63) is 59.2 Å². The van der Waals surface area contributed by atoms with Crippen LogP contribution in [0.2, 0.25) is 0 Å². The lowest BCUT2D eigenvalue weighted by Crippen LogP contribution is -2.06. The summed E-state index contributed by atoms with van der Waals surface area (Å²) in [7, 11) is 1.69. The lowest BCUT2D eigenvalue weighted by molar-refractivity contribution is 0.415. The van der Waals surface area contributed by atoms with Crippen LogP contribution in [0.25, 0.3) is 0 Å². The molecule has 0 bridgehead atoms. The summed E-state index contributed by atoms with van der Waals surface area (Å²) in [4.78, 5) is 4.76. The van der Waals surface area contributed by atoms with E-state index in [1.54, 1.807) is 7.11 Å². The summed E-state index contributed by atoms with van der Waals surface area (Å²) in [5, 5.41) is 3.43. The van der Waals surface area contributed by atoms with Crippen LogP contribution in [-0.4, -0.2) is 25.9 Å². The Balaban J connectivity index is 2.07. The van der Waals surface area contributed by atoms with Gasteiger partial charge in [-0.3, -0.25) is 4.99 Å². The first-order valence-electron chi connectivity index (χ1n) is 7.38. The van der Waals surface area contributed by atoms with Crippen molar-refractivity contribution in [1.29, 1.82) is 0 Å². The molecule has 1 heterocycles. The molecule has 0 atom stereocenters. The summed E-state index contributed by atoms with van der Waals surface area (Å²) >= 11 is 0. The predicted molar refractivity (Wildman–Crippen MR) is 87.8 cm³/mol. The van der Waals surface area contributed by atoms with Gasteiger partial charge in [0.1, 0.15) is 5.75 Å². The minimum Gasteiger partial charge on any atom is -0.497 e. The van der Waals surface area contributed by atoms with E-state index in [0.29, 0.717) is 0 Å². The second-order valence-electron chi connectivity index (χ2n) is 5.12. The number of nitrogens with zero attached hydrogens (tertiary/aromatic N) is 1. The van der Waals surface area contributed by atoms with Crippen LogP contribution in [0.3, 0.4) is 0 Å². The van der Waals surface area contributed by atoms with Gasteiger partial charge in [-0.1, -0.05) is 31.2 Å². The Morgan fingerprint density at radius 1 is 1.14 bits per heavy atom. The van der Waals surface area contributed by atoms with Gasteiger partial charge in [-0.2, -0.15) is 0 Å². The van der Waals surface area contributed by atoms with E-state index in [1.807, 2.05) is 6.07 Å². The monoisotopic (exact) mass is 280 g/mol. The molecule has 108 valence electrons. The Hall–Kier alpha value is -2.29. The molecule has 0 spiro atoms. The second kappa shape index (κ2) is 6.00. The third-order valence-electron chi connectivity index (χ3n) is 3.81. The van der Waals surface area contributed by atoms with E-state index in [4.69, 9.17) is 9.73 Å². The molecule has 2 aromatic carbocycles. The minimum absolute atomic E-state index is 0.780. The molecule has 3 heteroatoms. The first kappa shape index (κ1) is 13.7. The number of aryl methyl sites for hydroxylation is 1. The van der Waals surface area contributed by atoms with E-state index in [1.165, 1.54) is 5.56 Å². The summed E-state index contributed by atoms with van der Waals surface area (Å²) in [6.45, 7) is 3.81. The van der Waals surface area contributed by atoms with Crippen LogP contribution < -0.4 is 10.1 Å². The number of benzene rings is 2. The number of aliphatic imine (C=N–C) groups is 1. The number of methoxy groups -OCH3 is 1. The summed E-state index contributed by atoms with van der Waals surface area (Å²) in [6, 6.07) is 14.8. The Bertz CT molecular complexity index is 659. The van der Waals surface area contributed by atoms with Crippen LogP contribution >= 0.6 is 0 Å². The van der Waals surface area contributed by atoms with E-state index in [0.717, 1.165) is 47.8 Å². The van der Waals surface area contributed by atoms with E-state index in [-0.39, 0.29) is 0 Å². The number of benzodiazepines with no additional fused rings is 1. The molecule has 1 aliphatic heterocycles. The van der Waals surface area contributed by atoms with Crippen LogP contribution in [0.1, 0.15) is 23.6 Å². The van der Waals surface area contributed by atoms with Gasteiger partial charge in [-0.15, -0.1) is 0 Å². The van der Waals surface area contributed by atoms with Crippen molar-refractivity contribution in [1.82, 2.24) is 0 Å². The normalized spacial score (nSPS) is 13.7. The molecule has 0 aromatic heterocycles. The summed E-state index contributed by atoms with van der Waals surface area (Å²) in [5.74, 6) is 0.857. The molecule has 1 N–H and O–H groups in total. The number of hydrogen-bond donors (Lipinski definition) is 1. The lowest BCUT2D eigenvalue weighted by atomic mass is 9.99. The smallest absolute Gasteiger partial charge is 0.119 e. The minimum atomic E-state index is 0.780. The van der Waals surface area contributed by atoms with Gasteiger partial charge in [-0.25, -0.2) is 0 Å². The fourth-order valence-corrected chi connectivity index (χ4v) is 2.59. The summed E-state index contributed by atoms with van der Waals surface area (Å²) in [5.41, 5.74) is 5.77. The van der Waals surface area contributed by atoms with Crippen molar-refractivity contribution in [3.8, 4) is 5.75 Å². The molecule has 3 rings (SSSR count). The van der Waals surface area contributed by atoms with Crippen molar-refractivity contribution >= 4 is 11.4 Å². The first-order valence-corrected chi connectivity index (χ1v) is 7.38. The van der Waals surface area contributed by atoms with E-state index < -0.39 is 0 Å². The third kappa shape index (κ3) is 2.77. The Morgan fingerprint density at radius 3 is 2.67 bits per heavy atom. The average molecular weight is 280 g/mol. The summed E-state index contributed by atoms with van der Waals surface area (Å²) < 4.78 is 5.36. The topological polar surface area (TPSA) is 33.6 Å². The molecule has 0 radical (unpaired) electrons. The van der Waals surface area contributed by atoms with Crippen molar-refractivity contribution in [2.24, 2.45) is 4.99 Å². The van der Waals surface area contributed by atoms with Crippen LogP contribution in [0, 0.1) is 0 Å². The Kier molecular flexibility index (Phi) is 3.91. The zero-order valence-electron chi connectivity index (χ0n) is 12.5. The second-order valence-corrected chi connectivity index (χ2v) is 5.12. The van der Waals surface area contributed by atoms with Crippen molar-refractivity contribution in [2.75, 3.05) is 25.5 Å². The first-order chi connectivity index (χ1) is 10.3. The maximum Gasteiger partial charge on any atom is 0.119 e. The average Bonchev–Trinajstić information content (AvgIpc) is 2.76. The van der Waals surface area contributed by atoms with Gasteiger partial charge in [0, 0.05) is 23.4 Å². The van der Waals surface area contributed by atoms with Gasteiger partial charge in [0.05, 0.1) is 19.4 Å². The Labute approximate surface area is 125 Å². The molecule has 0 saturated carbocycles. The SMILES string of the molecule is CCc1ccc(C2=NCCNc3ccc(OC)cc32)cc1. The highest BCUT2D eigenvalue weighted by Gasteiger charge is 2.15. The van der Waals surface area contributed by atoms with Gasteiger partial charge >= 0.3 is 0 Å². The number of ether oxygens (including phenoxy) is 1. The molecule has 0 unspecified atom stereocenters. The van der Waals surface area contributed by atoms with Crippen molar-refractivity contribution in [3.63, 3.8) is 0 Å². The number of fused-ring (bicyclic) bond motifs is 1. The zero-order valence-corrected chi connectivity index (χ0v) is 12.5. The van der Waals surface area contributed by atoms with Gasteiger partial charge in [0.2, 0.25) is 0 Å². The largest absolute Gasteiger partial charge is 0.497 e. The molecule has 0 amide bonds. The standard InChI is InChI=1S/C18H20N2O/c1-3-13-4-6-14(7-5-13)18-16-12-15(21-2)8-9-17(16)19-10-11-20-18/h4-9,12,19H,3,10-11H2,1-2H3. The van der Waals surface area contributed by atoms with Gasteiger partial charge in [0.15, 0.2) is 0 Å². The van der Waals surface area contributed by atoms with Crippen LogP contribution in [0.15, 0.2) is 47.5 Å². The molecule has 3 nitrogen and oxygen atoms in total. The van der Waals surface area contributed by atoms with Gasteiger partial charge in [0.25, 0.3) is 0 Å². The molecule has 2 aromatic rings. The van der Waals surface area contributed by atoms with Crippen LogP contribution in [0.5, 0.6) is 5.75 Å². The number of anilines is 1. The van der Waals surface area contributed by atoms with E-state index in [9.17, 15) is 0 Å². The molecular formula is C18H20N2O. The van der Waals surface area contributed by atoms with E-state index >= 15 is 0 Å². The zero-order chi connectivity index (χ0) is 14.7. The molecule has 0 aliphatic carbocycles. The molecule has 21 heavy (non-hydrogen) atoms. The Morgan fingerprint density at radius 2 is 1.95 bits per heavy atom. The number of hydrogen-bond acceptors (Lipinski definition) is 3. The van der Waals surface area contributed by atoms with Crippen LogP contribution in [-0.2, 0) is 6.42 Å². The summed E-state index contributed by atoms with van der Waals surface area (Å²) in [6.07, 6.45) is 1.05. The van der Waals surface area contributed by atoms with Gasteiger partial charge in [-0.05, 0) is 30.2 Å². The van der Waals surface area contributed by atoms with Crippen molar-refractivity contribution < 1.29 is 4.74 Å². The van der Waals surface area contributed by atoms with Crippen molar-refractivity contribution in [2.45, 2.75) is 13.3 Å². The fourth-order valence-electron chi connectivity index (χ4n) is 2.59. The maximum absolute atomic E-state index is 5.36. The number of rotatable bonds is 3. The maximum atomic E-state index is 5.36. The molecule has 1 aliphatic rings. The van der Waals surface area contributed by atoms with E-state index in [2.05, 4.69) is 48.6 Å². The highest BCUT2D eigenvalue weighted by molar-refractivity contribution is 6.16. The predicted octanol–water partition coefficient (Wildman–Crippen LogP) is 3.52. The number of nitrogens with one attached hydrogen (secondary N) is 1. The molecule has 0 fully saturated rings. The fraction of sp³-hybridized carbons (Fsp3) is 0.278. The van der Waals surface area contributed by atoms with Crippen LogP contribution in [0.4, 0.5) is 5.69 Å². The third-order valence-corrected chi connectivity index (χ3v) is 3.81. The quantitative estimate of drug-likeness (QED) is 0.933. The molecular weight excluding hydrogens is 260 g/mol. The lowest BCUT2D eigenvalue weighted by Gasteiger charge is -2.12. The highest BCUT2D eigenvalue weighted by atomic mass is 16.5. The highest BCUT2D eigenvalue weighted by Crippen LogP contribution is 2.26. The molecule has 0 saturated heterocycles. The van der Waals surface area contributed by atoms with Gasteiger partial charge < -0.3 is 10.1 Å².